The summed E-state index contributed by atoms with van der Waals surface area (Å²) in [6.45, 7) is 19.2. The molecule has 2 aliphatic rings. The van der Waals surface area contributed by atoms with E-state index in [0.29, 0.717) is 11.7 Å². The van der Waals surface area contributed by atoms with Crippen LogP contribution in [0.15, 0.2) is 12.1 Å². The molecule has 0 radical (unpaired) electrons. The average Bonchev–Trinajstić information content (AvgIpc) is 2.63. The summed E-state index contributed by atoms with van der Waals surface area (Å²) < 4.78 is 5.67. The lowest BCUT2D eigenvalue weighted by Gasteiger charge is -2.42. The molecule has 0 aromatic heterocycles. The highest BCUT2D eigenvalue weighted by Gasteiger charge is 2.35. The van der Waals surface area contributed by atoms with Crippen LogP contribution in [0.5, 0.6) is 5.75 Å². The van der Waals surface area contributed by atoms with Gasteiger partial charge in [-0.05, 0) is 46.8 Å². The van der Waals surface area contributed by atoms with Crippen LogP contribution in [0.3, 0.4) is 0 Å². The molecular weight excluding hydrogens is 348 g/mol. The Morgan fingerprint density at radius 3 is 2.14 bits per heavy atom. The van der Waals surface area contributed by atoms with E-state index < -0.39 is 0 Å². The normalized spacial score (nSPS) is 21.6. The van der Waals surface area contributed by atoms with Gasteiger partial charge in [-0.3, -0.25) is 4.90 Å². The number of rotatable bonds is 3. The van der Waals surface area contributed by atoms with Crippen LogP contribution in [0, 0.1) is 5.92 Å². The van der Waals surface area contributed by atoms with Crippen molar-refractivity contribution in [2.45, 2.75) is 71.3 Å². The van der Waals surface area contributed by atoms with Crippen molar-refractivity contribution in [2.75, 3.05) is 39.4 Å². The van der Waals surface area contributed by atoms with Crippen molar-refractivity contribution < 1.29 is 9.84 Å². The molecule has 4 heteroatoms. The van der Waals surface area contributed by atoms with Gasteiger partial charge in [-0.2, -0.15) is 0 Å². The fourth-order valence-electron chi connectivity index (χ4n) is 4.63. The summed E-state index contributed by atoms with van der Waals surface area (Å²) in [5, 5.41) is 15.0. The summed E-state index contributed by atoms with van der Waals surface area (Å²) >= 11 is 0. The van der Waals surface area contributed by atoms with Gasteiger partial charge < -0.3 is 15.2 Å². The van der Waals surface area contributed by atoms with Crippen molar-refractivity contribution in [1.29, 1.82) is 0 Å². The maximum atomic E-state index is 11.5. The fourth-order valence-corrected chi connectivity index (χ4v) is 4.63. The smallest absolute Gasteiger partial charge is 0.124 e. The zero-order valence-corrected chi connectivity index (χ0v) is 18.8. The standard InChI is InChI=1S/C24H40N2O2/c1-23(2,3)18-15-19(22(27)20(16-18)24(4,5)6)21(17-7-13-28-14-8-17)26-11-9-25-10-12-26/h15-17,21,25,27H,7-14H2,1-6H3/t21-/m0/s1. The SMILES string of the molecule is CC(C)(C)c1cc([C@H](C2CCOCC2)N2CCNCC2)c(O)c(C(C)(C)C)c1. The molecule has 2 heterocycles. The Kier molecular flexibility index (Phi) is 6.43. The largest absolute Gasteiger partial charge is 0.507 e. The van der Waals surface area contributed by atoms with Crippen LogP contribution < -0.4 is 5.32 Å². The van der Waals surface area contributed by atoms with Gasteiger partial charge in [0.1, 0.15) is 5.75 Å². The molecule has 158 valence electrons. The van der Waals surface area contributed by atoms with Crippen molar-refractivity contribution in [2.24, 2.45) is 5.92 Å². The molecule has 1 aromatic rings. The zero-order chi connectivity index (χ0) is 20.5. The highest BCUT2D eigenvalue weighted by Crippen LogP contribution is 2.45. The maximum Gasteiger partial charge on any atom is 0.124 e. The van der Waals surface area contributed by atoms with E-state index in [1.54, 1.807) is 0 Å². The molecule has 2 saturated heterocycles. The summed E-state index contributed by atoms with van der Waals surface area (Å²) in [5.41, 5.74) is 3.47. The minimum Gasteiger partial charge on any atom is -0.507 e. The molecule has 0 unspecified atom stereocenters. The summed E-state index contributed by atoms with van der Waals surface area (Å²) in [5.74, 6) is 1.04. The minimum absolute atomic E-state index is 0.0477. The number of hydrogen-bond donors (Lipinski definition) is 2. The van der Waals surface area contributed by atoms with Crippen molar-refractivity contribution >= 4 is 0 Å². The Hall–Kier alpha value is -1.10. The molecule has 1 atom stereocenters. The lowest BCUT2D eigenvalue weighted by atomic mass is 9.76. The molecule has 2 N–H and O–H groups in total. The molecule has 3 rings (SSSR count). The molecule has 2 fully saturated rings. The first kappa shape index (κ1) is 21.6. The summed E-state index contributed by atoms with van der Waals surface area (Å²) in [7, 11) is 0. The van der Waals surface area contributed by atoms with Crippen LogP contribution >= 0.6 is 0 Å². The van der Waals surface area contributed by atoms with E-state index in [1.807, 2.05) is 0 Å². The van der Waals surface area contributed by atoms with Gasteiger partial charge in [0, 0.05) is 51.0 Å². The van der Waals surface area contributed by atoms with Crippen molar-refractivity contribution in [3.8, 4) is 5.75 Å². The fraction of sp³-hybridized carbons (Fsp3) is 0.750. The van der Waals surface area contributed by atoms with E-state index in [1.165, 1.54) is 5.56 Å². The second-order valence-corrected chi connectivity index (χ2v) is 10.6. The summed E-state index contributed by atoms with van der Waals surface area (Å²) in [6, 6.07) is 4.79. The predicted molar refractivity (Wildman–Crippen MR) is 116 cm³/mol. The number of phenolic OH excluding ortho intramolecular Hbond substituents is 1. The van der Waals surface area contributed by atoms with Crippen LogP contribution in [0.4, 0.5) is 0 Å². The Labute approximate surface area is 171 Å². The second kappa shape index (κ2) is 8.33. The first-order valence-electron chi connectivity index (χ1n) is 11.0. The van der Waals surface area contributed by atoms with Gasteiger partial charge in [-0.1, -0.05) is 47.6 Å². The Bertz CT molecular complexity index is 642. The first-order valence-corrected chi connectivity index (χ1v) is 11.0. The van der Waals surface area contributed by atoms with Crippen molar-refractivity contribution in [3.05, 3.63) is 28.8 Å². The number of ether oxygens (including phenoxy) is 1. The number of benzene rings is 1. The van der Waals surface area contributed by atoms with E-state index in [-0.39, 0.29) is 16.9 Å². The molecule has 0 saturated carbocycles. The van der Waals surface area contributed by atoms with Gasteiger partial charge in [-0.25, -0.2) is 0 Å². The molecule has 0 spiro atoms. The van der Waals surface area contributed by atoms with Gasteiger partial charge in [0.25, 0.3) is 0 Å². The van der Waals surface area contributed by atoms with Gasteiger partial charge >= 0.3 is 0 Å². The van der Waals surface area contributed by atoms with Gasteiger partial charge in [0.05, 0.1) is 0 Å². The number of nitrogens with zero attached hydrogens (tertiary/aromatic N) is 1. The topological polar surface area (TPSA) is 44.7 Å². The third kappa shape index (κ3) is 4.72. The third-order valence-corrected chi connectivity index (χ3v) is 6.39. The van der Waals surface area contributed by atoms with Crippen LogP contribution in [-0.2, 0) is 15.6 Å². The van der Waals surface area contributed by atoms with E-state index >= 15 is 0 Å². The lowest BCUT2D eigenvalue weighted by molar-refractivity contribution is 0.0205. The van der Waals surface area contributed by atoms with E-state index in [0.717, 1.165) is 63.4 Å². The summed E-state index contributed by atoms with van der Waals surface area (Å²) in [6.07, 6.45) is 2.14. The Morgan fingerprint density at radius 2 is 1.61 bits per heavy atom. The minimum atomic E-state index is -0.0935. The predicted octanol–water partition coefficient (Wildman–Crippen LogP) is 4.36. The Morgan fingerprint density at radius 1 is 1.00 bits per heavy atom. The second-order valence-electron chi connectivity index (χ2n) is 10.6. The van der Waals surface area contributed by atoms with Crippen LogP contribution in [0.2, 0.25) is 0 Å². The molecule has 4 nitrogen and oxygen atoms in total. The quantitative estimate of drug-likeness (QED) is 0.807. The maximum absolute atomic E-state index is 11.5. The molecule has 0 amide bonds. The van der Waals surface area contributed by atoms with E-state index in [9.17, 15) is 5.11 Å². The molecule has 28 heavy (non-hydrogen) atoms. The monoisotopic (exact) mass is 388 g/mol. The summed E-state index contributed by atoms with van der Waals surface area (Å²) in [4.78, 5) is 2.60. The number of phenols is 1. The Balaban J connectivity index is 2.14. The van der Waals surface area contributed by atoms with Crippen LogP contribution in [-0.4, -0.2) is 49.4 Å². The highest BCUT2D eigenvalue weighted by molar-refractivity contribution is 5.50. The van der Waals surface area contributed by atoms with Gasteiger partial charge in [-0.15, -0.1) is 0 Å². The highest BCUT2D eigenvalue weighted by atomic mass is 16.5. The van der Waals surface area contributed by atoms with Crippen LogP contribution in [0.1, 0.15) is 77.1 Å². The lowest BCUT2D eigenvalue weighted by Crippen LogP contribution is -2.47. The van der Waals surface area contributed by atoms with Crippen molar-refractivity contribution in [1.82, 2.24) is 10.2 Å². The third-order valence-electron chi connectivity index (χ3n) is 6.39. The first-order chi connectivity index (χ1) is 13.1. The van der Waals surface area contributed by atoms with Crippen molar-refractivity contribution in [3.63, 3.8) is 0 Å². The van der Waals surface area contributed by atoms with Gasteiger partial charge in [0.2, 0.25) is 0 Å². The number of aromatic hydroxyl groups is 1. The number of hydrogen-bond acceptors (Lipinski definition) is 4. The van der Waals surface area contributed by atoms with E-state index in [4.69, 9.17) is 4.74 Å². The number of nitrogens with one attached hydrogen (secondary N) is 1. The van der Waals surface area contributed by atoms with Gasteiger partial charge in [0.15, 0.2) is 0 Å². The molecular formula is C24H40N2O2. The van der Waals surface area contributed by atoms with E-state index in [2.05, 4.69) is 63.9 Å². The molecule has 2 aliphatic heterocycles. The zero-order valence-electron chi connectivity index (χ0n) is 18.8. The average molecular weight is 389 g/mol. The molecule has 0 bridgehead atoms. The molecule has 0 aliphatic carbocycles. The number of piperazine rings is 1. The molecule has 1 aromatic carbocycles. The van der Waals surface area contributed by atoms with Crippen LogP contribution in [0.25, 0.3) is 0 Å².